The molecule has 1 saturated carbocycles. The van der Waals surface area contributed by atoms with Gasteiger partial charge in [0.05, 0.1) is 11.3 Å². The summed E-state index contributed by atoms with van der Waals surface area (Å²) < 4.78 is 8.01. The number of furan rings is 1. The largest absolute Gasteiger partial charge is 0.486 e. The zero-order valence-corrected chi connectivity index (χ0v) is 38.8. The average molecular weight is 979 g/mol. The molecule has 4 heterocycles. The summed E-state index contributed by atoms with van der Waals surface area (Å²) in [6.45, 7) is 11.0. The molecule has 7 aromatic rings. The standard InChI is InChI=1S/C32H31N2O.C18H24GeN.Ir/c1-20-8-7-9-21(2)29(20)27-15-14-26-30-22(3)12-13-25(31(30)35-32(26)34-27)28-19-24(16-17-33-28)18-23-10-5-4-6-11-23;1-14(2)11-16-12-18(15-9-7-6-8-10-15)20-13-17(16)19(3,4)5;/h7-9,12,14-17,19,23H,4-6,10-11,18H2,1-3H3;6-9,12-14H,11H2,1-5H3;/q2*-1;. The fourth-order valence-corrected chi connectivity index (χ4v) is 11.7. The summed E-state index contributed by atoms with van der Waals surface area (Å²) in [6.07, 6.45) is 13.1. The first-order valence-electron chi connectivity index (χ1n) is 20.2. The molecule has 1 fully saturated rings. The van der Waals surface area contributed by atoms with Crippen LogP contribution in [-0.2, 0) is 32.9 Å². The van der Waals surface area contributed by atoms with Crippen molar-refractivity contribution in [1.82, 2.24) is 15.0 Å². The molecule has 1 aliphatic rings. The number of hydrogen-bond donors (Lipinski definition) is 0. The molecule has 0 atom stereocenters. The Kier molecular flexibility index (Phi) is 13.5. The molecule has 4 aromatic heterocycles. The minimum atomic E-state index is -1.86. The monoisotopic (exact) mass is 980 g/mol. The van der Waals surface area contributed by atoms with Crippen LogP contribution < -0.4 is 4.40 Å². The Morgan fingerprint density at radius 1 is 0.804 bits per heavy atom. The molecular formula is C50H55GeIrN3O-2. The van der Waals surface area contributed by atoms with Gasteiger partial charge in [-0.25, -0.2) is 4.98 Å². The third-order valence-corrected chi connectivity index (χ3v) is 15.4. The number of aromatic nitrogens is 3. The number of hydrogen-bond acceptors (Lipinski definition) is 4. The summed E-state index contributed by atoms with van der Waals surface area (Å²) in [5, 5.41) is 2.15. The molecule has 0 spiro atoms. The number of fused-ring (bicyclic) bond motifs is 3. The molecule has 1 aliphatic carbocycles. The molecule has 6 heteroatoms. The summed E-state index contributed by atoms with van der Waals surface area (Å²) in [5.74, 6) is 8.78. The predicted molar refractivity (Wildman–Crippen MR) is 234 cm³/mol. The van der Waals surface area contributed by atoms with Gasteiger partial charge in [-0.1, -0.05) is 79.8 Å². The quantitative estimate of drug-likeness (QED) is 0.112. The summed E-state index contributed by atoms with van der Waals surface area (Å²) in [7, 11) is 0. The first-order chi connectivity index (χ1) is 26.5. The molecular weight excluding hydrogens is 923 g/mol. The van der Waals surface area contributed by atoms with Gasteiger partial charge in [-0.05, 0) is 61.2 Å². The minimum absolute atomic E-state index is 0. The minimum Gasteiger partial charge on any atom is -0.486 e. The second kappa shape index (κ2) is 18.1. The fourth-order valence-electron chi connectivity index (χ4n) is 8.36. The average Bonchev–Trinajstić information content (AvgIpc) is 3.55. The van der Waals surface area contributed by atoms with E-state index >= 15 is 0 Å². The summed E-state index contributed by atoms with van der Waals surface area (Å²) >= 11 is -1.86. The summed E-state index contributed by atoms with van der Waals surface area (Å²) in [6, 6.07) is 34.2. The molecule has 4 nitrogen and oxygen atoms in total. The second-order valence-electron chi connectivity index (χ2n) is 17.1. The van der Waals surface area contributed by atoms with Gasteiger partial charge in [0.1, 0.15) is 0 Å². The van der Waals surface area contributed by atoms with Crippen LogP contribution in [-0.4, -0.2) is 28.2 Å². The Bertz CT molecular complexity index is 2400. The topological polar surface area (TPSA) is 51.8 Å². The van der Waals surface area contributed by atoms with Gasteiger partial charge in [0, 0.05) is 37.3 Å². The van der Waals surface area contributed by atoms with E-state index < -0.39 is 13.3 Å². The van der Waals surface area contributed by atoms with Gasteiger partial charge < -0.3 is 9.40 Å². The first-order valence-corrected chi connectivity index (χ1v) is 27.5. The number of nitrogens with zero attached hydrogens (tertiary/aromatic N) is 3. The van der Waals surface area contributed by atoms with Gasteiger partial charge in [0.25, 0.3) is 0 Å². The van der Waals surface area contributed by atoms with Crippen molar-refractivity contribution in [1.29, 1.82) is 0 Å². The van der Waals surface area contributed by atoms with E-state index in [9.17, 15) is 0 Å². The van der Waals surface area contributed by atoms with Crippen LogP contribution in [0.1, 0.15) is 73.8 Å². The zero-order chi connectivity index (χ0) is 38.7. The van der Waals surface area contributed by atoms with Gasteiger partial charge in [-0.2, -0.15) is 0 Å². The zero-order valence-electron chi connectivity index (χ0n) is 34.3. The number of aryl methyl sites for hydroxylation is 3. The summed E-state index contributed by atoms with van der Waals surface area (Å²) in [4.78, 5) is 14.4. The van der Waals surface area contributed by atoms with Crippen LogP contribution in [0.3, 0.4) is 0 Å². The fraction of sp³-hybridized carbons (Fsp3) is 0.340. The normalized spacial score (nSPS) is 13.4. The molecule has 0 amide bonds. The van der Waals surface area contributed by atoms with Crippen molar-refractivity contribution in [3.8, 4) is 33.8 Å². The van der Waals surface area contributed by atoms with E-state index in [1.807, 2.05) is 24.4 Å². The third kappa shape index (κ3) is 9.44. The van der Waals surface area contributed by atoms with E-state index in [0.717, 1.165) is 68.9 Å². The van der Waals surface area contributed by atoms with Crippen LogP contribution in [0, 0.1) is 44.7 Å². The van der Waals surface area contributed by atoms with Crippen molar-refractivity contribution >= 4 is 39.7 Å². The predicted octanol–water partition coefficient (Wildman–Crippen LogP) is 12.8. The van der Waals surface area contributed by atoms with Crippen LogP contribution in [0.25, 0.3) is 55.8 Å². The molecule has 0 saturated heterocycles. The van der Waals surface area contributed by atoms with Gasteiger partial charge in [-0.3, -0.25) is 0 Å². The maximum Gasteiger partial charge on any atom is 0.216 e. The number of benzene rings is 3. The number of pyridine rings is 3. The molecule has 8 rings (SSSR count). The molecule has 291 valence electrons. The maximum absolute atomic E-state index is 6.47. The molecule has 3 aromatic carbocycles. The first kappa shape index (κ1) is 41.7. The Labute approximate surface area is 350 Å². The Hall–Kier alpha value is -3.90. The van der Waals surface area contributed by atoms with Gasteiger partial charge in [0.2, 0.25) is 5.71 Å². The molecule has 0 unspecified atom stereocenters. The number of rotatable bonds is 8. The second-order valence-corrected chi connectivity index (χ2v) is 27.6. The van der Waals surface area contributed by atoms with E-state index in [4.69, 9.17) is 19.4 Å². The molecule has 0 aliphatic heterocycles. The van der Waals surface area contributed by atoms with Crippen LogP contribution in [0.4, 0.5) is 0 Å². The van der Waals surface area contributed by atoms with Crippen LogP contribution in [0.15, 0.2) is 95.7 Å². The van der Waals surface area contributed by atoms with Crippen LogP contribution in [0.5, 0.6) is 0 Å². The van der Waals surface area contributed by atoms with E-state index in [-0.39, 0.29) is 20.1 Å². The molecule has 1 radical (unpaired) electrons. The third-order valence-electron chi connectivity index (χ3n) is 11.1. The molecule has 56 heavy (non-hydrogen) atoms. The van der Waals surface area contributed by atoms with E-state index in [1.54, 1.807) is 4.40 Å². The van der Waals surface area contributed by atoms with Crippen molar-refractivity contribution in [2.75, 3.05) is 0 Å². The van der Waals surface area contributed by atoms with Gasteiger partial charge >= 0.3 is 126 Å². The van der Waals surface area contributed by atoms with Crippen molar-refractivity contribution in [2.24, 2.45) is 11.8 Å². The van der Waals surface area contributed by atoms with E-state index in [1.165, 1.54) is 59.9 Å². The SMILES string of the molecule is CC(C)Cc1cc(-c2[c-]cccc2)nc[c]1[Ge]([CH3])([CH3])[CH3].Cc1cccc(C)c1-c1ccc2c(n1)oc1c(-c3cc(CC4CCCCC4)ccn3)[c-]cc(C)c12.[Ir]. The van der Waals surface area contributed by atoms with Gasteiger partial charge in [0.15, 0.2) is 0 Å². The van der Waals surface area contributed by atoms with Crippen LogP contribution >= 0.6 is 0 Å². The Morgan fingerprint density at radius 2 is 1.57 bits per heavy atom. The molecule has 0 bridgehead atoms. The van der Waals surface area contributed by atoms with Crippen molar-refractivity contribution in [3.05, 3.63) is 131 Å². The van der Waals surface area contributed by atoms with Crippen molar-refractivity contribution in [2.45, 2.75) is 96.8 Å². The Morgan fingerprint density at radius 3 is 2.27 bits per heavy atom. The maximum atomic E-state index is 6.47. The molecule has 0 N–H and O–H groups in total. The van der Waals surface area contributed by atoms with Gasteiger partial charge in [-0.15, -0.1) is 17.7 Å². The van der Waals surface area contributed by atoms with E-state index in [2.05, 4.69) is 131 Å². The van der Waals surface area contributed by atoms with E-state index in [0.29, 0.717) is 11.6 Å². The van der Waals surface area contributed by atoms with Crippen molar-refractivity contribution < 1.29 is 24.5 Å². The Balaban J connectivity index is 0.000000217. The van der Waals surface area contributed by atoms with Crippen LogP contribution in [0.2, 0.25) is 17.3 Å². The summed E-state index contributed by atoms with van der Waals surface area (Å²) in [5.41, 5.74) is 14.0. The smallest absolute Gasteiger partial charge is 0.216 e. The van der Waals surface area contributed by atoms with Crippen molar-refractivity contribution in [3.63, 3.8) is 0 Å².